The lowest BCUT2D eigenvalue weighted by Gasteiger charge is -2.05. The highest BCUT2D eigenvalue weighted by atomic mass is 79.9. The van der Waals surface area contributed by atoms with Crippen molar-refractivity contribution >= 4 is 44.3 Å². The first kappa shape index (κ1) is 78.9. The van der Waals surface area contributed by atoms with Crippen LogP contribution in [0.1, 0.15) is 261 Å². The van der Waals surface area contributed by atoms with Gasteiger partial charge in [0.1, 0.15) is 17.5 Å². The molecule has 0 aliphatic heterocycles. The van der Waals surface area contributed by atoms with E-state index in [1.165, 1.54) is 61.3 Å². The minimum Gasteiger partial charge on any atom is -0.295 e. The van der Waals surface area contributed by atoms with Gasteiger partial charge in [-0.25, -0.2) is 9.97 Å². The van der Waals surface area contributed by atoms with E-state index in [1.54, 1.807) is 49.7 Å². The Bertz CT molecular complexity index is 3360. The van der Waals surface area contributed by atoms with Crippen LogP contribution in [0.5, 0.6) is 0 Å². The molecule has 8 aromatic rings. The lowest BCUT2D eigenvalue weighted by Crippen LogP contribution is -2.28. The van der Waals surface area contributed by atoms with Crippen molar-refractivity contribution in [2.75, 3.05) is 12.5 Å². The summed E-state index contributed by atoms with van der Waals surface area (Å²) in [5.74, 6) is 7.61. The number of Topliss-reactive ketones (excluding diaryl/α,β-unsaturated/α-hetero) is 1. The fourth-order valence-electron chi connectivity index (χ4n) is 7.82. The molecule has 0 amide bonds. The Hall–Kier alpha value is -7.16. The normalized spacial score (nSPS) is 11.5. The first-order valence-corrected chi connectivity index (χ1v) is 34.7. The molecular weight excluding hydrogens is 1210 g/mol. The number of terminal acetylenes is 1. The number of nitriles is 1. The van der Waals surface area contributed by atoms with E-state index in [4.69, 9.17) is 16.9 Å². The van der Waals surface area contributed by atoms with Crippen LogP contribution in [-0.2, 0) is 10.8 Å². The molecule has 1 aliphatic rings. The maximum Gasteiger partial charge on any atom is 0.225 e. The Labute approximate surface area is 557 Å². The van der Waals surface area contributed by atoms with Crippen molar-refractivity contribution < 1.29 is 18.9 Å². The Morgan fingerprint density at radius 3 is 1.50 bits per heavy atom. The first-order valence-electron chi connectivity index (χ1n) is 31.1. The molecule has 2 aromatic carbocycles. The van der Waals surface area contributed by atoms with E-state index < -0.39 is 10.8 Å². The third-order valence-corrected chi connectivity index (χ3v) is 16.3. The van der Waals surface area contributed by atoms with Crippen LogP contribution in [0.15, 0.2) is 173 Å². The van der Waals surface area contributed by atoms with Gasteiger partial charge in [-0.05, 0) is 173 Å². The minimum atomic E-state index is -0.918. The molecule has 0 spiro atoms. The van der Waals surface area contributed by atoms with Crippen molar-refractivity contribution in [2.45, 2.75) is 201 Å². The van der Waals surface area contributed by atoms with Crippen LogP contribution in [0.4, 0.5) is 0 Å². The second kappa shape index (κ2) is 42.0. The smallest absolute Gasteiger partial charge is 0.225 e. The number of carbonyl (C=O) groups excluding carboxylic acids is 1. The van der Waals surface area contributed by atoms with Crippen LogP contribution in [0.2, 0.25) is 0 Å². The second-order valence-corrected chi connectivity index (χ2v) is 27.7. The monoisotopic (exact) mass is 1310 g/mol. The molecule has 6 heterocycles. The van der Waals surface area contributed by atoms with Crippen LogP contribution < -0.4 is 4.73 Å². The number of ketones is 1. The first-order chi connectivity index (χ1) is 42.5. The number of halogens is 1. The van der Waals surface area contributed by atoms with Crippen molar-refractivity contribution in [1.82, 2.24) is 24.9 Å². The molecule has 0 radical (unpaired) electrons. The Morgan fingerprint density at radius 2 is 1.09 bits per heavy atom. The van der Waals surface area contributed by atoms with Gasteiger partial charge in [0.25, 0.3) is 0 Å². The van der Waals surface area contributed by atoms with Gasteiger partial charge in [0.15, 0.2) is 5.78 Å². The summed E-state index contributed by atoms with van der Waals surface area (Å²) in [5, 5.41) is 17.6. The Kier molecular flexibility index (Phi) is 36.8. The molecule has 90 heavy (non-hydrogen) atoms. The number of aryl methyl sites for hydroxylation is 1. The van der Waals surface area contributed by atoms with Gasteiger partial charge in [0.2, 0.25) is 12.4 Å². The molecule has 13 heteroatoms. The standard InChI is InChI=1S/C11H15N.C11H14O.C10H12N2.C10H11N.C9H11Br.C9H13NOS.C9H13NS.C8H12NO/c1-8(2)10-5-6-11(12-7-10)9-3-4-9;1-8(2)10-5-4-6-11(7-10)9(3)12;1-7(2)9-4-8(3)10(5-11)12-6-9;1-4-10-6-5-9(7-11-10)8(2)3;1-7(2)8-4-3-5-9(10)6-8;1-7(2)8-4-9(12(3)11)6-10-5-8;1-7(2)8-4-9(11-3)6-10-5-8;1-7(2)8-4-3-5-9(10)6-8/h5-9H,3-4H2,1-2H3;4-8H,1-3H3;4,6-7H,1-3H3;1,5-8H,2-3H3;3-7H,1-2H3;4-7H,1-3H3;4-7H,1-3H3;3-7,10H,1-2H3/q;;;;;;;+1. The van der Waals surface area contributed by atoms with Crippen LogP contribution in [0.25, 0.3) is 0 Å². The van der Waals surface area contributed by atoms with Gasteiger partial charge in [0, 0.05) is 92.5 Å². The van der Waals surface area contributed by atoms with Crippen molar-refractivity contribution in [3.63, 3.8) is 0 Å². The van der Waals surface area contributed by atoms with Gasteiger partial charge in [-0.1, -0.05) is 181 Å². The molecule has 6 aromatic heterocycles. The van der Waals surface area contributed by atoms with Crippen molar-refractivity contribution in [3.8, 4) is 18.4 Å². The molecule has 1 unspecified atom stereocenters. The third-order valence-electron chi connectivity index (χ3n) is 14.3. The average Bonchev–Trinajstić information content (AvgIpc) is 3.17. The summed E-state index contributed by atoms with van der Waals surface area (Å²) in [6, 6.07) is 36.6. The number of hydrogen-bond acceptors (Lipinski definition) is 10. The van der Waals surface area contributed by atoms with Crippen LogP contribution >= 0.6 is 27.7 Å². The fourth-order valence-corrected chi connectivity index (χ4v) is 9.17. The lowest BCUT2D eigenvalue weighted by atomic mass is 10.00. The molecule has 9 rings (SSSR count). The zero-order valence-corrected chi connectivity index (χ0v) is 60.5. The molecule has 1 aliphatic carbocycles. The number of benzene rings is 2. The predicted octanol–water partition coefficient (Wildman–Crippen LogP) is 20.4. The van der Waals surface area contributed by atoms with Crippen molar-refractivity contribution in [2.24, 2.45) is 0 Å². The van der Waals surface area contributed by atoms with Gasteiger partial charge in [-0.15, -0.1) is 18.2 Å². The van der Waals surface area contributed by atoms with Crippen LogP contribution in [0, 0.1) is 30.6 Å². The van der Waals surface area contributed by atoms with Gasteiger partial charge in [-0.3, -0.25) is 29.2 Å². The SMILES string of the molecule is C#Cc1ccc(C(C)C)cn1.CC(=O)c1cccc(C(C)C)c1.CC(C)c1ccc(C2CC2)nc1.CC(C)c1ccc[n+](O)c1.CC(C)c1cccc(Br)c1.CC(C)c1cncc(S(C)=O)c1.CSc1cncc(C(C)C)c1.Cc1cc(C(C)C)cnc1C#N. The Balaban J connectivity index is 0.000000351. The van der Waals surface area contributed by atoms with E-state index in [0.29, 0.717) is 58.7 Å². The zero-order valence-electron chi connectivity index (χ0n) is 57.3. The largest absolute Gasteiger partial charge is 0.295 e. The number of carbonyl (C=O) groups is 1. The average molecular weight is 1320 g/mol. The van der Waals surface area contributed by atoms with E-state index in [9.17, 15) is 9.00 Å². The summed E-state index contributed by atoms with van der Waals surface area (Å²) < 4.78 is 13.3. The third kappa shape index (κ3) is 31.0. The molecule has 1 N–H and O–H groups in total. The highest BCUT2D eigenvalue weighted by Gasteiger charge is 2.24. The van der Waals surface area contributed by atoms with Gasteiger partial charge in [0.05, 0.1) is 15.7 Å². The van der Waals surface area contributed by atoms with E-state index in [0.717, 1.165) is 37.8 Å². The molecule has 480 valence electrons. The van der Waals surface area contributed by atoms with E-state index in [2.05, 4.69) is 212 Å². The van der Waals surface area contributed by atoms with Gasteiger partial charge in [-0.2, -0.15) is 5.26 Å². The lowest BCUT2D eigenvalue weighted by molar-refractivity contribution is -0.905. The quantitative estimate of drug-likeness (QED) is 0.0412. The summed E-state index contributed by atoms with van der Waals surface area (Å²) in [6.45, 7) is 37.8. The number of thioether (sulfide) groups is 1. The maximum absolute atomic E-state index is 11.1. The number of pyridine rings is 6. The molecular formula is C77H101BrN7O3S2+. The number of aromatic nitrogens is 6. The molecule has 0 bridgehead atoms. The number of hydrogen-bond donors (Lipinski definition) is 1. The second-order valence-electron chi connectivity index (χ2n) is 24.5. The van der Waals surface area contributed by atoms with E-state index in [-0.39, 0.29) is 5.78 Å². The predicted molar refractivity (Wildman–Crippen MR) is 382 cm³/mol. The topological polar surface area (TPSA) is 146 Å². The van der Waals surface area contributed by atoms with E-state index in [1.807, 2.05) is 98.6 Å². The fraction of sp³-hybridized carbons (Fsp3) is 0.403. The van der Waals surface area contributed by atoms with Gasteiger partial charge < -0.3 is 0 Å². The number of nitrogens with zero attached hydrogens (tertiary/aromatic N) is 7. The zero-order chi connectivity index (χ0) is 67.6. The molecule has 1 fully saturated rings. The summed E-state index contributed by atoms with van der Waals surface area (Å²) in [6.07, 6.45) is 27.8. The van der Waals surface area contributed by atoms with E-state index >= 15 is 0 Å². The van der Waals surface area contributed by atoms with Crippen molar-refractivity contribution in [1.29, 1.82) is 5.26 Å². The molecule has 1 saturated carbocycles. The Morgan fingerprint density at radius 1 is 0.600 bits per heavy atom. The number of rotatable bonds is 12. The maximum atomic E-state index is 11.1. The molecule has 0 saturated heterocycles. The summed E-state index contributed by atoms with van der Waals surface area (Å²) in [5.41, 5.74) is 14.3. The van der Waals surface area contributed by atoms with Crippen molar-refractivity contribution in [3.05, 3.63) is 236 Å². The summed E-state index contributed by atoms with van der Waals surface area (Å²) in [4.78, 5) is 33.9. The molecule has 10 nitrogen and oxygen atoms in total. The van der Waals surface area contributed by atoms with Crippen LogP contribution in [-0.4, -0.2) is 52.6 Å². The summed E-state index contributed by atoms with van der Waals surface area (Å²) in [7, 11) is -0.918. The minimum absolute atomic E-state index is 0.137. The van der Waals surface area contributed by atoms with Crippen LogP contribution in [0.3, 0.4) is 0 Å². The van der Waals surface area contributed by atoms with Gasteiger partial charge >= 0.3 is 0 Å². The summed E-state index contributed by atoms with van der Waals surface area (Å²) >= 11 is 5.17. The highest BCUT2D eigenvalue weighted by Crippen LogP contribution is 2.39. The highest BCUT2D eigenvalue weighted by molar-refractivity contribution is 9.10. The molecule has 1 atom stereocenters.